The molecule has 24 heavy (non-hydrogen) atoms. The van der Waals surface area contributed by atoms with Gasteiger partial charge >= 0.3 is 6.03 Å². The molecule has 3 N–H and O–H groups in total. The summed E-state index contributed by atoms with van der Waals surface area (Å²) in [4.78, 5) is 23.9. The summed E-state index contributed by atoms with van der Waals surface area (Å²) in [7, 11) is 0. The van der Waals surface area contributed by atoms with Gasteiger partial charge in [0, 0.05) is 30.1 Å². The molecular formula is C17H25N5O2. The topological polar surface area (TPSA) is 91.8 Å². The van der Waals surface area contributed by atoms with Crippen LogP contribution in [-0.2, 0) is 13.0 Å². The number of hydrogen-bond acceptors (Lipinski definition) is 3. The van der Waals surface area contributed by atoms with E-state index in [9.17, 15) is 9.59 Å². The van der Waals surface area contributed by atoms with Crippen LogP contribution in [0, 0.1) is 12.8 Å². The molecule has 2 amide bonds. The maximum absolute atomic E-state index is 12.2. The largest absolute Gasteiger partial charge is 0.324 e. The van der Waals surface area contributed by atoms with Crippen molar-refractivity contribution >= 4 is 17.5 Å². The molecule has 0 radical (unpaired) electrons. The van der Waals surface area contributed by atoms with Gasteiger partial charge in [-0.1, -0.05) is 20.8 Å². The van der Waals surface area contributed by atoms with Crippen LogP contribution < -0.4 is 16.2 Å². The number of aryl methyl sites for hydroxylation is 2. The molecule has 130 valence electrons. The van der Waals surface area contributed by atoms with Gasteiger partial charge in [-0.05, 0) is 31.7 Å². The number of anilines is 2. The van der Waals surface area contributed by atoms with Crippen LogP contribution in [0.5, 0.6) is 0 Å². The van der Waals surface area contributed by atoms with Crippen molar-refractivity contribution in [3.63, 3.8) is 0 Å². The molecule has 0 aliphatic rings. The first-order valence-electron chi connectivity index (χ1n) is 8.23. The molecule has 7 nitrogen and oxygen atoms in total. The molecule has 0 atom stereocenters. The van der Waals surface area contributed by atoms with Crippen molar-refractivity contribution in [1.82, 2.24) is 14.8 Å². The Bertz CT molecular complexity index is 761. The molecule has 0 spiro atoms. The molecule has 2 aromatic rings. The number of aromatic amines is 1. The van der Waals surface area contributed by atoms with Gasteiger partial charge in [0.2, 0.25) is 0 Å². The lowest BCUT2D eigenvalue weighted by molar-refractivity contribution is 0.262. The first-order chi connectivity index (χ1) is 11.4. The molecule has 0 saturated carbocycles. The summed E-state index contributed by atoms with van der Waals surface area (Å²) in [5.41, 5.74) is 2.45. The van der Waals surface area contributed by atoms with Crippen LogP contribution >= 0.6 is 0 Å². The number of pyridine rings is 1. The van der Waals surface area contributed by atoms with Crippen molar-refractivity contribution in [1.29, 1.82) is 0 Å². The summed E-state index contributed by atoms with van der Waals surface area (Å²) >= 11 is 0. The number of rotatable bonds is 6. The van der Waals surface area contributed by atoms with Crippen molar-refractivity contribution in [3.05, 3.63) is 39.9 Å². The normalized spacial score (nSPS) is 10.9. The van der Waals surface area contributed by atoms with Gasteiger partial charge in [0.1, 0.15) is 0 Å². The van der Waals surface area contributed by atoms with E-state index in [-0.39, 0.29) is 11.6 Å². The number of nitrogens with zero attached hydrogens (tertiary/aromatic N) is 2. The first kappa shape index (κ1) is 17.8. The standard InChI is InChI=1S/C17H25N5O2/c1-5-8-22-10-13(6-7-15(22)23)18-17(24)19-16-14(9-11(2)3)12(4)20-21-16/h6-7,10-11H,5,8-9H2,1-4H3,(H3,18,19,20,21,24). The van der Waals surface area contributed by atoms with E-state index in [1.165, 1.54) is 6.07 Å². The van der Waals surface area contributed by atoms with Crippen LogP contribution in [0.2, 0.25) is 0 Å². The minimum absolute atomic E-state index is 0.0787. The third-order valence-corrected chi connectivity index (χ3v) is 3.62. The Morgan fingerprint density at radius 3 is 2.75 bits per heavy atom. The smallest absolute Gasteiger partial charge is 0.313 e. The van der Waals surface area contributed by atoms with Gasteiger partial charge in [0.15, 0.2) is 5.82 Å². The van der Waals surface area contributed by atoms with Gasteiger partial charge in [-0.25, -0.2) is 4.79 Å². The van der Waals surface area contributed by atoms with E-state index in [1.54, 1.807) is 16.8 Å². The Morgan fingerprint density at radius 2 is 2.08 bits per heavy atom. The lowest BCUT2D eigenvalue weighted by atomic mass is 10.0. The zero-order valence-electron chi connectivity index (χ0n) is 14.6. The number of nitrogens with one attached hydrogen (secondary N) is 3. The van der Waals surface area contributed by atoms with E-state index in [1.807, 2.05) is 13.8 Å². The molecule has 7 heteroatoms. The van der Waals surface area contributed by atoms with Crippen molar-refractivity contribution in [2.75, 3.05) is 10.6 Å². The first-order valence-corrected chi connectivity index (χ1v) is 8.23. The van der Waals surface area contributed by atoms with Crippen LogP contribution in [0.3, 0.4) is 0 Å². The summed E-state index contributed by atoms with van der Waals surface area (Å²) in [5, 5.41) is 12.6. The van der Waals surface area contributed by atoms with Crippen LogP contribution in [0.15, 0.2) is 23.1 Å². The van der Waals surface area contributed by atoms with Crippen molar-refractivity contribution in [3.8, 4) is 0 Å². The summed E-state index contributed by atoms with van der Waals surface area (Å²) in [6.07, 6.45) is 3.33. The number of carbonyl (C=O) groups is 1. The number of H-pyrrole nitrogens is 1. The Morgan fingerprint density at radius 1 is 1.33 bits per heavy atom. The molecule has 0 aliphatic heterocycles. The zero-order chi connectivity index (χ0) is 17.7. The van der Waals surface area contributed by atoms with Gasteiger partial charge in [-0.3, -0.25) is 15.2 Å². The Labute approximate surface area is 141 Å². The molecule has 0 saturated heterocycles. The van der Waals surface area contributed by atoms with Crippen LogP contribution in [0.25, 0.3) is 0 Å². The number of amides is 2. The maximum atomic E-state index is 12.2. The summed E-state index contributed by atoms with van der Waals surface area (Å²) < 4.78 is 1.58. The molecule has 0 bridgehead atoms. The SMILES string of the molecule is CCCn1cc(NC(=O)Nc2n[nH]c(C)c2CC(C)C)ccc1=O. The summed E-state index contributed by atoms with van der Waals surface area (Å²) in [6.45, 7) is 8.79. The van der Waals surface area contributed by atoms with Crippen molar-refractivity contribution < 1.29 is 4.79 Å². The number of hydrogen-bond donors (Lipinski definition) is 3. The lowest BCUT2D eigenvalue weighted by Crippen LogP contribution is -2.23. The number of urea groups is 1. The molecule has 0 fully saturated rings. The highest BCUT2D eigenvalue weighted by Crippen LogP contribution is 2.20. The lowest BCUT2D eigenvalue weighted by Gasteiger charge is -2.10. The fraction of sp³-hybridized carbons (Fsp3) is 0.471. The molecular weight excluding hydrogens is 306 g/mol. The Balaban J connectivity index is 2.09. The highest BCUT2D eigenvalue weighted by Gasteiger charge is 2.14. The van der Waals surface area contributed by atoms with E-state index in [4.69, 9.17) is 0 Å². The predicted octanol–water partition coefficient (Wildman–Crippen LogP) is 3.13. The average Bonchev–Trinajstić information content (AvgIpc) is 2.83. The second kappa shape index (κ2) is 7.81. The van der Waals surface area contributed by atoms with Gasteiger partial charge in [-0.15, -0.1) is 0 Å². The Kier molecular flexibility index (Phi) is 5.78. The predicted molar refractivity (Wildman–Crippen MR) is 95.5 cm³/mol. The summed E-state index contributed by atoms with van der Waals surface area (Å²) in [6, 6.07) is 2.67. The quantitative estimate of drug-likeness (QED) is 0.759. The average molecular weight is 331 g/mol. The molecule has 0 aromatic carbocycles. The third-order valence-electron chi connectivity index (χ3n) is 3.62. The number of carbonyl (C=O) groups excluding carboxylic acids is 1. The van der Waals surface area contributed by atoms with E-state index in [0.717, 1.165) is 24.1 Å². The second-order valence-electron chi connectivity index (χ2n) is 6.30. The van der Waals surface area contributed by atoms with Gasteiger partial charge in [0.25, 0.3) is 5.56 Å². The van der Waals surface area contributed by atoms with Gasteiger partial charge in [-0.2, -0.15) is 5.10 Å². The summed E-state index contributed by atoms with van der Waals surface area (Å²) in [5.74, 6) is 1.00. The van der Waals surface area contributed by atoms with Crippen LogP contribution in [0.1, 0.15) is 38.4 Å². The minimum atomic E-state index is -0.381. The van der Waals surface area contributed by atoms with Crippen LogP contribution in [-0.4, -0.2) is 20.8 Å². The Hall–Kier alpha value is -2.57. The zero-order valence-corrected chi connectivity index (χ0v) is 14.6. The van der Waals surface area contributed by atoms with E-state index < -0.39 is 0 Å². The highest BCUT2D eigenvalue weighted by atomic mass is 16.2. The van der Waals surface area contributed by atoms with E-state index in [0.29, 0.717) is 24.0 Å². The van der Waals surface area contributed by atoms with Crippen LogP contribution in [0.4, 0.5) is 16.3 Å². The van der Waals surface area contributed by atoms with E-state index >= 15 is 0 Å². The second-order valence-corrected chi connectivity index (χ2v) is 6.30. The molecule has 2 aromatic heterocycles. The van der Waals surface area contributed by atoms with Gasteiger partial charge < -0.3 is 9.88 Å². The molecule has 2 rings (SSSR count). The minimum Gasteiger partial charge on any atom is -0.313 e. The maximum Gasteiger partial charge on any atom is 0.324 e. The van der Waals surface area contributed by atoms with Crippen molar-refractivity contribution in [2.45, 2.75) is 47.1 Å². The third kappa shape index (κ3) is 4.47. The fourth-order valence-electron chi connectivity index (χ4n) is 2.50. The molecule has 2 heterocycles. The fourth-order valence-corrected chi connectivity index (χ4v) is 2.50. The monoisotopic (exact) mass is 331 g/mol. The van der Waals surface area contributed by atoms with Crippen molar-refractivity contribution in [2.24, 2.45) is 5.92 Å². The molecule has 0 unspecified atom stereocenters. The van der Waals surface area contributed by atoms with E-state index in [2.05, 4.69) is 34.7 Å². The number of aromatic nitrogens is 3. The molecule has 0 aliphatic carbocycles. The highest BCUT2D eigenvalue weighted by molar-refractivity contribution is 5.99. The van der Waals surface area contributed by atoms with Gasteiger partial charge in [0.05, 0.1) is 5.69 Å².